The molecule has 174 valence electrons. The molecule has 0 atom stereocenters. The maximum absolute atomic E-state index is 12.5. The molecule has 1 aromatic carbocycles. The van der Waals surface area contributed by atoms with E-state index >= 15 is 0 Å². The van der Waals surface area contributed by atoms with Gasteiger partial charge >= 0.3 is 12.3 Å². The van der Waals surface area contributed by atoms with Crippen LogP contribution in [0.1, 0.15) is 69.8 Å². The molecule has 2 saturated carbocycles. The summed E-state index contributed by atoms with van der Waals surface area (Å²) < 4.78 is 46.6. The summed E-state index contributed by atoms with van der Waals surface area (Å²) in [5.74, 6) is 7.30. The lowest BCUT2D eigenvalue weighted by atomic mass is 9.80. The molecule has 0 aliphatic heterocycles. The molecule has 2 fully saturated rings. The summed E-state index contributed by atoms with van der Waals surface area (Å²) in [6, 6.07) is 7.10. The van der Waals surface area contributed by atoms with Gasteiger partial charge in [-0.3, -0.25) is 9.53 Å². The van der Waals surface area contributed by atoms with Crippen LogP contribution >= 0.6 is 0 Å². The average molecular weight is 449 g/mol. The fourth-order valence-corrected chi connectivity index (χ4v) is 4.55. The van der Waals surface area contributed by atoms with Crippen LogP contribution in [0.25, 0.3) is 0 Å². The molecule has 1 aromatic rings. The monoisotopic (exact) mass is 448 g/mol. The first-order chi connectivity index (χ1) is 15.3. The summed E-state index contributed by atoms with van der Waals surface area (Å²) in [5, 5.41) is 0. The van der Waals surface area contributed by atoms with E-state index < -0.39 is 12.5 Å². The summed E-state index contributed by atoms with van der Waals surface area (Å²) in [4.78, 5) is 12.5. The van der Waals surface area contributed by atoms with Crippen molar-refractivity contribution in [3.8, 4) is 17.6 Å². The highest BCUT2D eigenvalue weighted by Crippen LogP contribution is 2.33. The molecule has 6 heteroatoms. The molecule has 2 aliphatic rings. The van der Waals surface area contributed by atoms with E-state index in [2.05, 4.69) is 23.2 Å². The summed E-state index contributed by atoms with van der Waals surface area (Å²) >= 11 is 0. The normalized spacial score (nSPS) is 26.0. The third kappa shape index (κ3) is 8.02. The summed E-state index contributed by atoms with van der Waals surface area (Å²) in [6.45, 7) is 3.77. The zero-order valence-corrected chi connectivity index (χ0v) is 18.3. The van der Waals surface area contributed by atoms with Gasteiger partial charge in [0.15, 0.2) is 0 Å². The molecule has 0 heterocycles. The molecule has 0 amide bonds. The number of halogens is 3. The van der Waals surface area contributed by atoms with E-state index in [1.165, 1.54) is 0 Å². The summed E-state index contributed by atoms with van der Waals surface area (Å²) in [7, 11) is 0. The molecule has 0 N–H and O–H groups in total. The minimum absolute atomic E-state index is 0.0362. The molecular formula is C26H31F3O3. The first-order valence-electron chi connectivity index (χ1n) is 11.5. The molecule has 0 radical (unpaired) electrons. The predicted molar refractivity (Wildman–Crippen MR) is 117 cm³/mol. The SMILES string of the molecule is C=CCCC1CCC(C(=O)Oc2ccc(C#CC3CCC(OC(F)(F)F)CC3)cc2)CC1. The molecule has 0 spiro atoms. The van der Waals surface area contributed by atoms with Crippen molar-refractivity contribution in [2.75, 3.05) is 0 Å². The Labute approximate surface area is 188 Å². The molecule has 0 bridgehead atoms. The van der Waals surface area contributed by atoms with Crippen LogP contribution in [0.15, 0.2) is 36.9 Å². The largest absolute Gasteiger partial charge is 0.522 e. The quantitative estimate of drug-likeness (QED) is 0.208. The Balaban J connectivity index is 1.42. The fraction of sp³-hybridized carbons (Fsp3) is 0.577. The lowest BCUT2D eigenvalue weighted by molar-refractivity contribution is -0.345. The van der Waals surface area contributed by atoms with Crippen LogP contribution in [0.4, 0.5) is 13.2 Å². The third-order valence-electron chi connectivity index (χ3n) is 6.43. The van der Waals surface area contributed by atoms with Gasteiger partial charge in [0, 0.05) is 11.5 Å². The first kappa shape index (κ1) is 24.4. The minimum Gasteiger partial charge on any atom is -0.426 e. The number of carbonyl (C=O) groups excluding carboxylic acids is 1. The van der Waals surface area contributed by atoms with Crippen LogP contribution in [0.3, 0.4) is 0 Å². The van der Waals surface area contributed by atoms with Gasteiger partial charge in [0.2, 0.25) is 0 Å². The first-order valence-corrected chi connectivity index (χ1v) is 11.5. The van der Waals surface area contributed by atoms with Crippen molar-refractivity contribution in [1.82, 2.24) is 0 Å². The van der Waals surface area contributed by atoms with E-state index in [1.807, 2.05) is 6.08 Å². The number of allylic oxidation sites excluding steroid dienone is 1. The molecule has 3 nitrogen and oxygen atoms in total. The number of rotatable bonds is 6. The summed E-state index contributed by atoms with van der Waals surface area (Å²) in [5.41, 5.74) is 0.793. The van der Waals surface area contributed by atoms with Gasteiger partial charge in [-0.25, -0.2) is 0 Å². The van der Waals surface area contributed by atoms with Crippen molar-refractivity contribution in [2.45, 2.75) is 76.7 Å². The minimum atomic E-state index is -4.57. The van der Waals surface area contributed by atoms with Crippen molar-refractivity contribution in [1.29, 1.82) is 0 Å². The Morgan fingerprint density at radius 2 is 1.69 bits per heavy atom. The second-order valence-corrected chi connectivity index (χ2v) is 8.84. The van der Waals surface area contributed by atoms with E-state index in [1.54, 1.807) is 24.3 Å². The van der Waals surface area contributed by atoms with Crippen molar-refractivity contribution in [3.05, 3.63) is 42.5 Å². The number of benzene rings is 1. The van der Waals surface area contributed by atoms with Crippen molar-refractivity contribution in [2.24, 2.45) is 17.8 Å². The Bertz CT molecular complexity index is 803. The van der Waals surface area contributed by atoms with E-state index in [-0.39, 0.29) is 17.8 Å². The van der Waals surface area contributed by atoms with Gasteiger partial charge in [-0.05, 0) is 94.4 Å². The number of alkyl halides is 3. The van der Waals surface area contributed by atoms with Gasteiger partial charge in [0.25, 0.3) is 0 Å². The van der Waals surface area contributed by atoms with E-state index in [4.69, 9.17) is 4.74 Å². The Morgan fingerprint density at radius 1 is 1.03 bits per heavy atom. The van der Waals surface area contributed by atoms with Gasteiger partial charge in [0.05, 0.1) is 12.0 Å². The zero-order valence-electron chi connectivity index (χ0n) is 18.3. The van der Waals surface area contributed by atoms with Crippen molar-refractivity contribution >= 4 is 5.97 Å². The highest BCUT2D eigenvalue weighted by atomic mass is 19.4. The number of ether oxygens (including phenoxy) is 2. The van der Waals surface area contributed by atoms with Crippen LogP contribution in [-0.2, 0) is 9.53 Å². The van der Waals surface area contributed by atoms with Crippen molar-refractivity contribution in [3.63, 3.8) is 0 Å². The number of hydrogen-bond acceptors (Lipinski definition) is 3. The predicted octanol–water partition coefficient (Wildman–Crippen LogP) is 6.81. The molecule has 2 aliphatic carbocycles. The van der Waals surface area contributed by atoms with Crippen LogP contribution in [0, 0.1) is 29.6 Å². The lowest BCUT2D eigenvalue weighted by Crippen LogP contribution is -2.27. The van der Waals surface area contributed by atoms with E-state index in [0.29, 0.717) is 37.4 Å². The molecular weight excluding hydrogens is 417 g/mol. The zero-order chi connectivity index (χ0) is 23.0. The highest BCUT2D eigenvalue weighted by molar-refractivity contribution is 5.75. The van der Waals surface area contributed by atoms with Gasteiger partial charge < -0.3 is 4.74 Å². The number of carbonyl (C=O) groups is 1. The van der Waals surface area contributed by atoms with Crippen LogP contribution in [-0.4, -0.2) is 18.4 Å². The number of hydrogen-bond donors (Lipinski definition) is 0. The Morgan fingerprint density at radius 3 is 2.28 bits per heavy atom. The second-order valence-electron chi connectivity index (χ2n) is 8.84. The average Bonchev–Trinajstić information content (AvgIpc) is 2.77. The maximum Gasteiger partial charge on any atom is 0.522 e. The van der Waals surface area contributed by atoms with E-state index in [9.17, 15) is 18.0 Å². The molecule has 0 saturated heterocycles. The van der Waals surface area contributed by atoms with Crippen LogP contribution < -0.4 is 4.74 Å². The number of esters is 1. The van der Waals surface area contributed by atoms with E-state index in [0.717, 1.165) is 44.1 Å². The smallest absolute Gasteiger partial charge is 0.426 e. The molecule has 32 heavy (non-hydrogen) atoms. The highest BCUT2D eigenvalue weighted by Gasteiger charge is 2.35. The van der Waals surface area contributed by atoms with Crippen LogP contribution in [0.2, 0.25) is 0 Å². The topological polar surface area (TPSA) is 35.5 Å². The Hall–Kier alpha value is -2.26. The van der Waals surface area contributed by atoms with Gasteiger partial charge in [-0.2, -0.15) is 0 Å². The second kappa shape index (κ2) is 11.6. The fourth-order valence-electron chi connectivity index (χ4n) is 4.55. The summed E-state index contributed by atoms with van der Waals surface area (Å²) in [6.07, 6.45) is 4.60. The van der Waals surface area contributed by atoms with Crippen LogP contribution in [0.5, 0.6) is 5.75 Å². The standard InChI is InChI=1S/C26H31F3O3/c1-2-3-4-19-7-13-22(14-8-19)25(30)31-23-15-9-20(10-16-23)5-6-21-11-17-24(18-12-21)32-26(27,28)29/h2,9-10,15-16,19,21-22,24H,1,3-4,7-8,11-14,17-18H2. The molecule has 0 aromatic heterocycles. The van der Waals surface area contributed by atoms with Gasteiger partial charge in [0.1, 0.15) is 5.75 Å². The Kier molecular flexibility index (Phi) is 8.81. The maximum atomic E-state index is 12.5. The van der Waals surface area contributed by atoms with Gasteiger partial charge in [-0.1, -0.05) is 17.9 Å². The van der Waals surface area contributed by atoms with Gasteiger partial charge in [-0.15, -0.1) is 19.8 Å². The lowest BCUT2D eigenvalue weighted by Gasteiger charge is -2.26. The molecule has 0 unspecified atom stereocenters. The molecule has 3 rings (SSSR count). The van der Waals surface area contributed by atoms with Crippen molar-refractivity contribution < 1.29 is 27.4 Å². The third-order valence-corrected chi connectivity index (χ3v) is 6.43.